The van der Waals surface area contributed by atoms with Crippen molar-refractivity contribution in [2.45, 2.75) is 27.5 Å². The molecule has 1 unspecified atom stereocenters. The van der Waals surface area contributed by atoms with Crippen molar-refractivity contribution in [3.8, 4) is 5.82 Å². The number of carboxylic acid groups (broad SMARTS) is 1. The van der Waals surface area contributed by atoms with Crippen LogP contribution in [0, 0.1) is 0 Å². The number of carbonyl (C=O) groups excluding carboxylic acids is 2. The molecule has 3 aromatic rings. The van der Waals surface area contributed by atoms with Crippen LogP contribution < -0.4 is 5.32 Å². The van der Waals surface area contributed by atoms with E-state index in [9.17, 15) is 19.5 Å². The number of carboxylic acids is 1. The summed E-state index contributed by atoms with van der Waals surface area (Å²) >= 11 is 2.56. The van der Waals surface area contributed by atoms with Crippen LogP contribution in [0.1, 0.15) is 5.56 Å². The number of benzene rings is 1. The molecule has 2 N–H and O–H groups in total. The number of nitrogens with one attached hydrogen (secondary N) is 1. The van der Waals surface area contributed by atoms with Gasteiger partial charge >= 0.3 is 5.97 Å². The topological polar surface area (TPSA) is 117 Å². The maximum Gasteiger partial charge on any atom is 0.322 e. The quantitative estimate of drug-likeness (QED) is 0.477. The molecule has 174 valence electrons. The van der Waals surface area contributed by atoms with Crippen molar-refractivity contribution in [1.29, 1.82) is 0 Å². The minimum Gasteiger partial charge on any atom is -0.480 e. The summed E-state index contributed by atoms with van der Waals surface area (Å²) in [5, 5.41) is 16.9. The third-order valence-electron chi connectivity index (χ3n) is 5.75. The number of thioether (sulfide) groups is 2. The lowest BCUT2D eigenvalue weighted by molar-refractivity contribution is -0.152. The first-order valence-corrected chi connectivity index (χ1v) is 12.5. The predicted molar refractivity (Wildman–Crippen MR) is 128 cm³/mol. The Morgan fingerprint density at radius 1 is 1.18 bits per heavy atom. The monoisotopic (exact) mass is 495 g/mol. The van der Waals surface area contributed by atoms with Crippen molar-refractivity contribution in [1.82, 2.24) is 25.0 Å². The molecular weight excluding hydrogens is 474 g/mol. The highest BCUT2D eigenvalue weighted by atomic mass is 32.2. The number of carbonyl (C=O) groups is 3. The summed E-state index contributed by atoms with van der Waals surface area (Å²) in [5.74, 6) is -0.675. The van der Waals surface area contributed by atoms with Crippen molar-refractivity contribution in [3.05, 3.63) is 72.7 Å². The maximum absolute atomic E-state index is 12.9. The van der Waals surface area contributed by atoms with Gasteiger partial charge in [-0.15, -0.1) is 23.5 Å². The molecule has 2 aromatic heterocycles. The molecule has 3 atom stereocenters. The zero-order valence-corrected chi connectivity index (χ0v) is 19.5. The molecule has 2 aliphatic rings. The van der Waals surface area contributed by atoms with E-state index in [1.165, 1.54) is 23.5 Å². The van der Waals surface area contributed by atoms with E-state index in [0.29, 0.717) is 10.7 Å². The first kappa shape index (κ1) is 22.5. The molecule has 0 aliphatic carbocycles. The van der Waals surface area contributed by atoms with Crippen molar-refractivity contribution in [2.24, 2.45) is 0 Å². The largest absolute Gasteiger partial charge is 0.480 e. The number of aliphatic carboxylic acids is 1. The van der Waals surface area contributed by atoms with Gasteiger partial charge in [-0.25, -0.2) is 9.67 Å². The van der Waals surface area contributed by atoms with Gasteiger partial charge in [0.1, 0.15) is 16.2 Å². The third-order valence-corrected chi connectivity index (χ3v) is 8.83. The number of nitrogens with zero attached hydrogens (tertiary/aromatic N) is 4. The Kier molecular flexibility index (Phi) is 6.05. The summed E-state index contributed by atoms with van der Waals surface area (Å²) in [7, 11) is 0. The molecule has 9 nitrogen and oxygen atoms in total. The summed E-state index contributed by atoms with van der Waals surface area (Å²) in [6, 6.07) is 14.0. The van der Waals surface area contributed by atoms with E-state index in [4.69, 9.17) is 0 Å². The van der Waals surface area contributed by atoms with Crippen molar-refractivity contribution < 1.29 is 19.5 Å². The SMILES string of the molecule is O=C(Cc1ccccc1)N[C@@H]1C(=O)N2CC(Sc3cccnc3-n3cccn3)(C(=O)O)CS[C@H]12. The second-order valence-electron chi connectivity index (χ2n) is 8.05. The summed E-state index contributed by atoms with van der Waals surface area (Å²) in [6.07, 6.45) is 5.19. The van der Waals surface area contributed by atoms with Crippen LogP contribution in [0.25, 0.3) is 5.82 Å². The Morgan fingerprint density at radius 3 is 2.74 bits per heavy atom. The van der Waals surface area contributed by atoms with E-state index in [1.54, 1.807) is 46.4 Å². The smallest absolute Gasteiger partial charge is 0.322 e. The van der Waals surface area contributed by atoms with Crippen LogP contribution in [-0.4, -0.2) is 71.0 Å². The minimum absolute atomic E-state index is 0.0436. The van der Waals surface area contributed by atoms with Crippen molar-refractivity contribution in [2.75, 3.05) is 12.3 Å². The highest BCUT2D eigenvalue weighted by molar-refractivity contribution is 8.05. The second kappa shape index (κ2) is 9.15. The van der Waals surface area contributed by atoms with Crippen LogP contribution in [0.2, 0.25) is 0 Å². The minimum atomic E-state index is -1.25. The van der Waals surface area contributed by atoms with Gasteiger partial charge in [0.05, 0.1) is 11.3 Å². The van der Waals surface area contributed by atoms with E-state index in [2.05, 4.69) is 15.4 Å². The normalized spacial score (nSPS) is 23.6. The van der Waals surface area contributed by atoms with Crippen LogP contribution in [0.3, 0.4) is 0 Å². The number of rotatable bonds is 7. The van der Waals surface area contributed by atoms with Crippen LogP contribution in [0.4, 0.5) is 0 Å². The molecule has 0 radical (unpaired) electrons. The fourth-order valence-electron chi connectivity index (χ4n) is 4.03. The fourth-order valence-corrected chi connectivity index (χ4v) is 6.96. The number of hydrogen-bond donors (Lipinski definition) is 2. The molecule has 0 bridgehead atoms. The molecule has 34 heavy (non-hydrogen) atoms. The van der Waals surface area contributed by atoms with Crippen molar-refractivity contribution in [3.63, 3.8) is 0 Å². The van der Waals surface area contributed by atoms with Gasteiger partial charge < -0.3 is 15.3 Å². The lowest BCUT2D eigenvalue weighted by Crippen LogP contribution is -2.74. The molecule has 0 spiro atoms. The molecule has 2 saturated heterocycles. The van der Waals surface area contributed by atoms with E-state index in [-0.39, 0.29) is 35.9 Å². The Morgan fingerprint density at radius 2 is 2.00 bits per heavy atom. The number of fused-ring (bicyclic) bond motifs is 1. The average Bonchev–Trinajstić information content (AvgIpc) is 3.38. The predicted octanol–water partition coefficient (Wildman–Crippen LogP) is 1.83. The van der Waals surface area contributed by atoms with Gasteiger partial charge in [0, 0.05) is 30.9 Å². The highest BCUT2D eigenvalue weighted by Crippen LogP contribution is 2.47. The van der Waals surface area contributed by atoms with Gasteiger partial charge in [0.2, 0.25) is 11.8 Å². The molecular formula is C23H21N5O4S2. The van der Waals surface area contributed by atoms with Gasteiger partial charge in [-0.3, -0.25) is 14.4 Å². The summed E-state index contributed by atoms with van der Waals surface area (Å²) in [6.45, 7) is 0.0436. The third kappa shape index (κ3) is 4.16. The van der Waals surface area contributed by atoms with E-state index < -0.39 is 16.8 Å². The number of β-lactam (4-membered cyclic amide) rings is 1. The fraction of sp³-hybridized carbons (Fsp3) is 0.261. The summed E-state index contributed by atoms with van der Waals surface area (Å²) < 4.78 is 0.338. The Bertz CT molecular complexity index is 1220. The Labute approximate surface area is 203 Å². The molecule has 2 amide bonds. The first-order chi connectivity index (χ1) is 16.5. The summed E-state index contributed by atoms with van der Waals surface area (Å²) in [5.41, 5.74) is 0.866. The van der Waals surface area contributed by atoms with Crippen LogP contribution in [0.15, 0.2) is 72.0 Å². The molecule has 5 rings (SSSR count). The number of pyridine rings is 1. The number of aromatic nitrogens is 3. The lowest BCUT2D eigenvalue weighted by Gasteiger charge is -2.53. The average molecular weight is 496 g/mol. The zero-order chi connectivity index (χ0) is 23.7. The van der Waals surface area contributed by atoms with E-state index in [1.807, 2.05) is 30.3 Å². The second-order valence-corrected chi connectivity index (χ2v) is 10.6. The number of hydrogen-bond acceptors (Lipinski definition) is 7. The van der Waals surface area contributed by atoms with Gasteiger partial charge in [-0.2, -0.15) is 5.10 Å². The standard InChI is InChI=1S/C23H21N5O4S2/c29-17(12-15-6-2-1-3-7-15)26-18-20(30)27-13-23(22(31)32,14-33-21(18)27)34-16-8-4-9-24-19(16)28-11-5-10-25-28/h1-11,18,21H,12-14H2,(H,26,29)(H,31,32)/t18-,21-,23?/m1/s1. The molecule has 2 fully saturated rings. The van der Waals surface area contributed by atoms with Gasteiger partial charge in [-0.05, 0) is 23.8 Å². The van der Waals surface area contributed by atoms with Crippen LogP contribution in [0.5, 0.6) is 0 Å². The first-order valence-electron chi connectivity index (χ1n) is 10.6. The molecule has 0 saturated carbocycles. The van der Waals surface area contributed by atoms with E-state index in [0.717, 1.165) is 5.56 Å². The Hall–Kier alpha value is -3.31. The molecule has 1 aromatic carbocycles. The lowest BCUT2D eigenvalue weighted by atomic mass is 10.0. The Balaban J connectivity index is 1.29. The summed E-state index contributed by atoms with van der Waals surface area (Å²) in [4.78, 5) is 44.3. The van der Waals surface area contributed by atoms with Crippen LogP contribution in [-0.2, 0) is 20.8 Å². The van der Waals surface area contributed by atoms with Gasteiger partial charge in [0.15, 0.2) is 5.82 Å². The van der Waals surface area contributed by atoms with Gasteiger partial charge in [0.25, 0.3) is 0 Å². The van der Waals surface area contributed by atoms with Gasteiger partial charge in [-0.1, -0.05) is 30.3 Å². The highest BCUT2D eigenvalue weighted by Gasteiger charge is 2.58. The maximum atomic E-state index is 12.9. The zero-order valence-electron chi connectivity index (χ0n) is 17.9. The molecule has 2 aliphatic heterocycles. The van der Waals surface area contributed by atoms with Crippen LogP contribution >= 0.6 is 23.5 Å². The number of amides is 2. The van der Waals surface area contributed by atoms with Crippen molar-refractivity contribution >= 4 is 41.3 Å². The molecule has 11 heteroatoms. The molecule has 4 heterocycles. The van der Waals surface area contributed by atoms with E-state index >= 15 is 0 Å².